The van der Waals surface area contributed by atoms with Crippen LogP contribution in [0, 0.1) is 10.7 Å². The number of halogens is 3. The van der Waals surface area contributed by atoms with Crippen LogP contribution in [0.5, 0.6) is 0 Å². The first-order valence-electron chi connectivity index (χ1n) is 5.98. The van der Waals surface area contributed by atoms with E-state index in [1.807, 2.05) is 19.1 Å². The zero-order valence-electron chi connectivity index (χ0n) is 10.8. The fraction of sp³-hybridized carbons (Fsp3) is 0.385. The molecule has 0 aromatic heterocycles. The van der Waals surface area contributed by atoms with Gasteiger partial charge in [-0.2, -0.15) is 0 Å². The Bertz CT molecular complexity index is 520. The number of amides is 1. The van der Waals surface area contributed by atoms with E-state index in [1.165, 1.54) is 0 Å². The molecule has 0 bridgehead atoms. The van der Waals surface area contributed by atoms with Crippen molar-refractivity contribution >= 4 is 79.6 Å². The van der Waals surface area contributed by atoms with Gasteiger partial charge in [0.05, 0.1) is 5.56 Å². The molecule has 1 rings (SSSR count). The van der Waals surface area contributed by atoms with E-state index < -0.39 is 5.97 Å². The maximum atomic E-state index is 12.2. The van der Waals surface area contributed by atoms with Crippen molar-refractivity contribution in [3.8, 4) is 0 Å². The van der Waals surface area contributed by atoms with Crippen molar-refractivity contribution in [2.24, 2.45) is 0 Å². The predicted octanol–water partition coefficient (Wildman–Crippen LogP) is 3.87. The van der Waals surface area contributed by atoms with Gasteiger partial charge in [0.25, 0.3) is 5.91 Å². The molecule has 1 aromatic carbocycles. The Labute approximate surface area is 158 Å². The van der Waals surface area contributed by atoms with Crippen LogP contribution in [0.25, 0.3) is 0 Å². The zero-order chi connectivity index (χ0) is 15.3. The summed E-state index contributed by atoms with van der Waals surface area (Å²) in [6.45, 7) is 1.89. The number of carbonyl (C=O) groups is 2. The minimum absolute atomic E-state index is 0.0341. The Kier molecular flexibility index (Phi) is 8.01. The molecule has 110 valence electrons. The summed E-state index contributed by atoms with van der Waals surface area (Å²) in [5.41, 5.74) is 0.673. The molecule has 0 heterocycles. The lowest BCUT2D eigenvalue weighted by Gasteiger charge is -2.15. The third-order valence-electron chi connectivity index (χ3n) is 2.64. The fourth-order valence-corrected chi connectivity index (χ4v) is 4.06. The van der Waals surface area contributed by atoms with E-state index in [9.17, 15) is 9.59 Å². The van der Waals surface area contributed by atoms with Crippen LogP contribution in [-0.4, -0.2) is 23.0 Å². The van der Waals surface area contributed by atoms with Crippen LogP contribution in [0.2, 0.25) is 0 Å². The van der Waals surface area contributed by atoms with Crippen molar-refractivity contribution in [3.05, 3.63) is 28.4 Å². The van der Waals surface area contributed by atoms with Crippen LogP contribution < -0.4 is 5.32 Å². The largest absolute Gasteiger partial charge is 0.481 e. The first kappa shape index (κ1) is 18.4. The lowest BCUT2D eigenvalue weighted by atomic mass is 10.1. The van der Waals surface area contributed by atoms with Gasteiger partial charge in [-0.25, -0.2) is 0 Å². The van der Waals surface area contributed by atoms with Gasteiger partial charge < -0.3 is 10.4 Å². The summed E-state index contributed by atoms with van der Waals surface area (Å²) < 4.78 is 3.02. The van der Waals surface area contributed by atoms with E-state index >= 15 is 0 Å². The first-order valence-corrected chi connectivity index (χ1v) is 9.22. The van der Waals surface area contributed by atoms with Crippen LogP contribution in [0.3, 0.4) is 0 Å². The van der Waals surface area contributed by atoms with Gasteiger partial charge in [-0.05, 0) is 99.7 Å². The van der Waals surface area contributed by atoms with E-state index in [4.69, 9.17) is 5.11 Å². The number of carbonyl (C=O) groups excluding carboxylic acids is 1. The van der Waals surface area contributed by atoms with Gasteiger partial charge in [0, 0.05) is 23.2 Å². The summed E-state index contributed by atoms with van der Waals surface area (Å²) in [4.78, 5) is 22.7. The molecule has 20 heavy (non-hydrogen) atoms. The van der Waals surface area contributed by atoms with Crippen molar-refractivity contribution in [3.63, 3.8) is 0 Å². The van der Waals surface area contributed by atoms with Crippen molar-refractivity contribution in [1.82, 2.24) is 5.32 Å². The maximum Gasteiger partial charge on any atom is 0.303 e. The second kappa shape index (κ2) is 8.71. The Balaban J connectivity index is 2.65. The Hall–Kier alpha value is 0.350. The average Bonchev–Trinajstić information content (AvgIpc) is 2.32. The number of hydrogen-bond donors (Lipinski definition) is 2. The SMILES string of the molecule is CC(CCCC(=O)O)NC(=O)c1cc(I)cc(I)c1I. The summed E-state index contributed by atoms with van der Waals surface area (Å²) in [5, 5.41) is 11.5. The standard InChI is InChI=1S/C13H14I3NO3/c1-7(3-2-4-11(18)19)17-13(20)9-5-8(14)6-10(15)12(9)16/h5-7H,2-4H2,1H3,(H,17,20)(H,18,19). The molecule has 0 radical (unpaired) electrons. The second-order valence-electron chi connectivity index (χ2n) is 4.41. The van der Waals surface area contributed by atoms with E-state index in [-0.39, 0.29) is 18.4 Å². The number of benzene rings is 1. The quantitative estimate of drug-likeness (QED) is 0.379. The van der Waals surface area contributed by atoms with Gasteiger partial charge in [0.2, 0.25) is 0 Å². The summed E-state index contributed by atoms with van der Waals surface area (Å²) in [7, 11) is 0. The molecular formula is C13H14I3NO3. The molecule has 1 unspecified atom stereocenters. The molecule has 0 saturated carbocycles. The first-order chi connectivity index (χ1) is 9.31. The normalized spacial score (nSPS) is 12.0. The van der Waals surface area contributed by atoms with Crippen LogP contribution in [-0.2, 0) is 4.79 Å². The molecule has 1 atom stereocenters. The van der Waals surface area contributed by atoms with E-state index in [0.29, 0.717) is 18.4 Å². The third kappa shape index (κ3) is 6.00. The minimum Gasteiger partial charge on any atom is -0.481 e. The highest BCUT2D eigenvalue weighted by atomic mass is 127. The Morgan fingerprint density at radius 3 is 2.55 bits per heavy atom. The lowest BCUT2D eigenvalue weighted by molar-refractivity contribution is -0.137. The monoisotopic (exact) mass is 613 g/mol. The highest BCUT2D eigenvalue weighted by Gasteiger charge is 2.15. The number of carboxylic acid groups (broad SMARTS) is 1. The number of carboxylic acids is 1. The molecular weight excluding hydrogens is 599 g/mol. The summed E-state index contributed by atoms with van der Waals surface area (Å²) in [6.07, 6.45) is 1.37. The van der Waals surface area contributed by atoms with Crippen LogP contribution in [0.4, 0.5) is 0 Å². The predicted molar refractivity (Wildman–Crippen MR) is 103 cm³/mol. The van der Waals surface area contributed by atoms with Gasteiger partial charge in [-0.1, -0.05) is 0 Å². The fourth-order valence-electron chi connectivity index (χ4n) is 1.65. The van der Waals surface area contributed by atoms with Gasteiger partial charge in [0.15, 0.2) is 0 Å². The maximum absolute atomic E-state index is 12.2. The van der Waals surface area contributed by atoms with Gasteiger partial charge >= 0.3 is 5.97 Å². The molecule has 4 nitrogen and oxygen atoms in total. The van der Waals surface area contributed by atoms with Crippen molar-refractivity contribution in [2.75, 3.05) is 0 Å². The molecule has 0 aliphatic rings. The molecule has 0 spiro atoms. The topological polar surface area (TPSA) is 66.4 Å². The van der Waals surface area contributed by atoms with Crippen molar-refractivity contribution in [1.29, 1.82) is 0 Å². The Morgan fingerprint density at radius 1 is 1.30 bits per heavy atom. The smallest absolute Gasteiger partial charge is 0.303 e. The molecule has 0 aliphatic heterocycles. The average molecular weight is 613 g/mol. The van der Waals surface area contributed by atoms with Crippen molar-refractivity contribution < 1.29 is 14.7 Å². The van der Waals surface area contributed by atoms with Crippen LogP contribution >= 0.6 is 67.8 Å². The number of nitrogens with one attached hydrogen (secondary N) is 1. The molecule has 0 aliphatic carbocycles. The Morgan fingerprint density at radius 2 is 1.95 bits per heavy atom. The third-order valence-corrected chi connectivity index (χ3v) is 6.31. The molecule has 1 aromatic rings. The van der Waals surface area contributed by atoms with Gasteiger partial charge in [-0.3, -0.25) is 9.59 Å². The highest BCUT2D eigenvalue weighted by Crippen LogP contribution is 2.23. The van der Waals surface area contributed by atoms with E-state index in [1.54, 1.807) is 0 Å². The number of rotatable bonds is 6. The van der Waals surface area contributed by atoms with Gasteiger partial charge in [0.1, 0.15) is 0 Å². The summed E-state index contributed by atoms with van der Waals surface area (Å²) in [6, 6.07) is 3.85. The molecule has 0 saturated heterocycles. The molecule has 0 fully saturated rings. The second-order valence-corrected chi connectivity index (χ2v) is 7.90. The van der Waals surface area contributed by atoms with E-state index in [2.05, 4.69) is 73.1 Å². The number of hydrogen-bond acceptors (Lipinski definition) is 2. The highest BCUT2D eigenvalue weighted by molar-refractivity contribution is 14.1. The summed E-state index contributed by atoms with van der Waals surface area (Å²) in [5.74, 6) is -0.904. The van der Waals surface area contributed by atoms with Gasteiger partial charge in [-0.15, -0.1) is 0 Å². The van der Waals surface area contributed by atoms with Crippen LogP contribution in [0.1, 0.15) is 36.5 Å². The minimum atomic E-state index is -0.801. The lowest BCUT2D eigenvalue weighted by Crippen LogP contribution is -2.33. The molecule has 7 heteroatoms. The van der Waals surface area contributed by atoms with Crippen LogP contribution in [0.15, 0.2) is 12.1 Å². The van der Waals surface area contributed by atoms with Crippen molar-refractivity contribution in [2.45, 2.75) is 32.2 Å². The summed E-state index contributed by atoms with van der Waals surface area (Å²) >= 11 is 6.58. The zero-order valence-corrected chi connectivity index (χ0v) is 17.2. The number of aliphatic carboxylic acids is 1. The molecule has 2 N–H and O–H groups in total. The molecule has 1 amide bonds. The van der Waals surface area contributed by atoms with E-state index in [0.717, 1.165) is 10.7 Å².